The maximum absolute atomic E-state index is 13.4. The molecule has 1 saturated heterocycles. The number of esters is 1. The maximum Gasteiger partial charge on any atom is 0.356 e. The fourth-order valence-electron chi connectivity index (χ4n) is 4.81. The molecule has 1 fully saturated rings. The molecule has 4 rings (SSSR count). The second-order valence-electron chi connectivity index (χ2n) is 10.1. The summed E-state index contributed by atoms with van der Waals surface area (Å²) >= 11 is 1.48. The van der Waals surface area contributed by atoms with Crippen molar-refractivity contribution in [3.63, 3.8) is 0 Å². The van der Waals surface area contributed by atoms with Crippen molar-refractivity contribution in [2.24, 2.45) is 11.8 Å². The number of ether oxygens (including phenoxy) is 1. The molecule has 10 heteroatoms. The number of fused-ring (bicyclic) bond motifs is 1. The van der Waals surface area contributed by atoms with E-state index >= 15 is 0 Å². The minimum Gasteiger partial charge on any atom is -0.456 e. The number of nitrogens with zero attached hydrogens (tertiary/aromatic N) is 2. The number of nitro groups is 1. The van der Waals surface area contributed by atoms with Crippen LogP contribution in [0.4, 0.5) is 5.69 Å². The molecule has 2 aliphatic heterocycles. The van der Waals surface area contributed by atoms with Gasteiger partial charge in [-0.05, 0) is 56.4 Å². The minimum absolute atomic E-state index is 0.0336. The third-order valence-electron chi connectivity index (χ3n) is 6.32. The van der Waals surface area contributed by atoms with Crippen molar-refractivity contribution >= 4 is 37.6 Å². The van der Waals surface area contributed by atoms with Crippen LogP contribution in [-0.4, -0.2) is 42.2 Å². The van der Waals surface area contributed by atoms with Crippen molar-refractivity contribution in [1.82, 2.24) is 4.90 Å². The molecule has 0 unspecified atom stereocenters. The number of nitro benzene ring substituents is 1. The molecule has 0 bridgehead atoms. The zero-order valence-corrected chi connectivity index (χ0v) is 22.8. The van der Waals surface area contributed by atoms with Gasteiger partial charge in [0, 0.05) is 27.9 Å². The number of rotatable bonds is 9. The standard InChI is InChI=1S/C26H30N2O6SSi/c1-16-22-21(17(2)34-36(3,4)5)25(29)27(22)23(24(16)35-20-9-7-6-8-10-20)26(30)33-15-18-11-13-19(14-12-18)28(31)32/h6-14,16-17,21-22H,15H2,1-5H3/t16-,17-,21-,22-/m1/s1. The number of benzene rings is 2. The first kappa shape index (κ1) is 26.1. The molecule has 190 valence electrons. The van der Waals surface area contributed by atoms with E-state index in [1.807, 2.05) is 44.2 Å². The summed E-state index contributed by atoms with van der Waals surface area (Å²) in [6.45, 7) is 10.2. The molecule has 2 aromatic rings. The molecule has 0 saturated carbocycles. The summed E-state index contributed by atoms with van der Waals surface area (Å²) in [5.74, 6) is -1.08. The largest absolute Gasteiger partial charge is 0.456 e. The van der Waals surface area contributed by atoms with Crippen LogP contribution in [0.3, 0.4) is 0 Å². The number of hydrogen-bond donors (Lipinski definition) is 0. The number of amides is 1. The summed E-state index contributed by atoms with van der Waals surface area (Å²) in [4.78, 5) is 40.5. The molecule has 2 aliphatic rings. The van der Waals surface area contributed by atoms with E-state index in [0.717, 1.165) is 9.80 Å². The quantitative estimate of drug-likeness (QED) is 0.143. The monoisotopic (exact) mass is 526 g/mol. The number of non-ortho nitro benzene ring substituents is 1. The number of β-lactam (4-membered cyclic amide) rings is 1. The molecule has 8 nitrogen and oxygen atoms in total. The van der Waals surface area contributed by atoms with Gasteiger partial charge < -0.3 is 14.1 Å². The Morgan fingerprint density at radius 1 is 1.14 bits per heavy atom. The van der Waals surface area contributed by atoms with Crippen LogP contribution >= 0.6 is 11.8 Å². The molecular formula is C26H30N2O6SSi. The van der Waals surface area contributed by atoms with Crippen LogP contribution < -0.4 is 0 Å². The first-order valence-electron chi connectivity index (χ1n) is 11.9. The van der Waals surface area contributed by atoms with Crippen molar-refractivity contribution in [1.29, 1.82) is 0 Å². The molecule has 0 aliphatic carbocycles. The topological polar surface area (TPSA) is 99.0 Å². The van der Waals surface area contributed by atoms with Crippen LogP contribution in [0.5, 0.6) is 0 Å². The normalized spacial score (nSPS) is 22.2. The van der Waals surface area contributed by atoms with E-state index in [9.17, 15) is 19.7 Å². The van der Waals surface area contributed by atoms with Gasteiger partial charge in [-0.1, -0.05) is 36.9 Å². The number of hydrogen-bond acceptors (Lipinski definition) is 7. The lowest BCUT2D eigenvalue weighted by Crippen LogP contribution is -2.64. The zero-order valence-electron chi connectivity index (χ0n) is 21.0. The van der Waals surface area contributed by atoms with Gasteiger partial charge in [0.15, 0.2) is 8.32 Å². The summed E-state index contributed by atoms with van der Waals surface area (Å²) in [7, 11) is -1.86. The van der Waals surface area contributed by atoms with Gasteiger partial charge in [0.25, 0.3) is 5.69 Å². The molecule has 4 atom stereocenters. The van der Waals surface area contributed by atoms with Crippen LogP contribution in [0.1, 0.15) is 19.4 Å². The highest BCUT2D eigenvalue weighted by atomic mass is 32.2. The minimum atomic E-state index is -1.86. The third kappa shape index (κ3) is 5.25. The smallest absolute Gasteiger partial charge is 0.356 e. The summed E-state index contributed by atoms with van der Waals surface area (Å²) < 4.78 is 11.9. The van der Waals surface area contributed by atoms with Crippen molar-refractivity contribution in [3.05, 3.63) is 80.9 Å². The Morgan fingerprint density at radius 3 is 2.36 bits per heavy atom. The Morgan fingerprint density at radius 2 is 1.78 bits per heavy atom. The van der Waals surface area contributed by atoms with Gasteiger partial charge >= 0.3 is 5.97 Å². The van der Waals surface area contributed by atoms with Crippen molar-refractivity contribution in [2.75, 3.05) is 0 Å². The van der Waals surface area contributed by atoms with Gasteiger partial charge in [-0.3, -0.25) is 14.9 Å². The molecule has 0 N–H and O–H groups in total. The Labute approximate surface area is 215 Å². The van der Waals surface area contributed by atoms with Gasteiger partial charge in [0.05, 0.1) is 23.0 Å². The summed E-state index contributed by atoms with van der Waals surface area (Å²) in [5, 5.41) is 10.9. The second-order valence-corrected chi connectivity index (χ2v) is 15.7. The summed E-state index contributed by atoms with van der Waals surface area (Å²) in [5.41, 5.74) is 0.873. The van der Waals surface area contributed by atoms with Gasteiger partial charge in [-0.2, -0.15) is 0 Å². The van der Waals surface area contributed by atoms with E-state index in [4.69, 9.17) is 9.16 Å². The van der Waals surface area contributed by atoms with Gasteiger partial charge in [-0.15, -0.1) is 0 Å². The van der Waals surface area contributed by atoms with Crippen LogP contribution in [-0.2, 0) is 25.4 Å². The highest BCUT2D eigenvalue weighted by Gasteiger charge is 2.60. The molecule has 0 aromatic heterocycles. The highest BCUT2D eigenvalue weighted by Crippen LogP contribution is 2.52. The number of carbonyl (C=O) groups is 2. The Bertz CT molecular complexity index is 1200. The average Bonchev–Trinajstić information content (AvgIpc) is 3.05. The first-order chi connectivity index (χ1) is 17.0. The van der Waals surface area contributed by atoms with Crippen LogP contribution in [0.25, 0.3) is 0 Å². The van der Waals surface area contributed by atoms with E-state index in [-0.39, 0.29) is 47.9 Å². The lowest BCUT2D eigenvalue weighted by Gasteiger charge is -2.48. The average molecular weight is 527 g/mol. The Hall–Kier alpha value is -2.95. The molecular weight excluding hydrogens is 496 g/mol. The van der Waals surface area contributed by atoms with Crippen molar-refractivity contribution in [2.45, 2.75) is 57.1 Å². The van der Waals surface area contributed by atoms with E-state index < -0.39 is 19.2 Å². The third-order valence-corrected chi connectivity index (χ3v) is 8.69. The fraction of sp³-hybridized carbons (Fsp3) is 0.385. The predicted octanol–water partition coefficient (Wildman–Crippen LogP) is 5.36. The number of thioether (sulfide) groups is 1. The summed E-state index contributed by atoms with van der Waals surface area (Å²) in [6.07, 6.45) is -0.244. The highest BCUT2D eigenvalue weighted by molar-refractivity contribution is 8.03. The zero-order chi connectivity index (χ0) is 26.2. The molecule has 36 heavy (non-hydrogen) atoms. The predicted molar refractivity (Wildman–Crippen MR) is 139 cm³/mol. The van der Waals surface area contributed by atoms with Crippen LogP contribution in [0.2, 0.25) is 19.6 Å². The van der Waals surface area contributed by atoms with E-state index in [0.29, 0.717) is 5.56 Å². The van der Waals surface area contributed by atoms with Crippen LogP contribution in [0, 0.1) is 22.0 Å². The van der Waals surface area contributed by atoms with Crippen molar-refractivity contribution < 1.29 is 23.7 Å². The van der Waals surface area contributed by atoms with E-state index in [2.05, 4.69) is 19.6 Å². The van der Waals surface area contributed by atoms with Gasteiger partial charge in [0.1, 0.15) is 12.3 Å². The van der Waals surface area contributed by atoms with Crippen molar-refractivity contribution in [3.8, 4) is 0 Å². The Kier molecular flexibility index (Phi) is 7.40. The lowest BCUT2D eigenvalue weighted by molar-refractivity contribution is -0.384. The van der Waals surface area contributed by atoms with Gasteiger partial charge in [-0.25, -0.2) is 4.79 Å². The lowest BCUT2D eigenvalue weighted by atomic mass is 9.79. The Balaban J connectivity index is 1.58. The number of carbonyl (C=O) groups excluding carboxylic acids is 2. The first-order valence-corrected chi connectivity index (χ1v) is 16.1. The molecule has 2 aromatic carbocycles. The molecule has 2 heterocycles. The van der Waals surface area contributed by atoms with Crippen LogP contribution in [0.15, 0.2) is 70.1 Å². The SMILES string of the molecule is C[C@@H](O[Si](C)(C)C)[C@H]1C(=O)N2C(C(=O)OCc3ccc([N+](=O)[O-])cc3)=C(Sc3ccccc3)[C@H](C)[C@H]12. The molecule has 0 radical (unpaired) electrons. The van der Waals surface area contributed by atoms with E-state index in [1.165, 1.54) is 23.9 Å². The molecule has 0 spiro atoms. The second kappa shape index (κ2) is 10.2. The van der Waals surface area contributed by atoms with E-state index in [1.54, 1.807) is 17.0 Å². The molecule has 1 amide bonds. The maximum atomic E-state index is 13.4. The van der Waals surface area contributed by atoms with Gasteiger partial charge in [0.2, 0.25) is 5.91 Å². The fourth-order valence-corrected chi connectivity index (χ4v) is 7.22. The summed E-state index contributed by atoms with van der Waals surface area (Å²) in [6, 6.07) is 15.4.